The summed E-state index contributed by atoms with van der Waals surface area (Å²) in [6.07, 6.45) is 0. The molecule has 0 spiro atoms. The lowest BCUT2D eigenvalue weighted by Crippen LogP contribution is -2.40. The van der Waals surface area contributed by atoms with E-state index < -0.39 is 16.9 Å². The van der Waals surface area contributed by atoms with Crippen molar-refractivity contribution in [3.63, 3.8) is 0 Å². The minimum atomic E-state index is -0.841. The van der Waals surface area contributed by atoms with E-state index in [1.165, 1.54) is 0 Å². The van der Waals surface area contributed by atoms with Crippen molar-refractivity contribution in [2.75, 3.05) is 0 Å². The van der Waals surface area contributed by atoms with E-state index in [4.69, 9.17) is 75.6 Å². The lowest BCUT2D eigenvalue weighted by atomic mass is 9.63. The van der Waals surface area contributed by atoms with Crippen molar-refractivity contribution >= 4 is 152 Å². The van der Waals surface area contributed by atoms with Crippen molar-refractivity contribution in [1.82, 2.24) is 9.55 Å². The summed E-state index contributed by atoms with van der Waals surface area (Å²) in [5.41, 5.74) is 7.40. The molecular formula is C48H25B9N2O3. The van der Waals surface area contributed by atoms with Gasteiger partial charge in [0, 0.05) is 11.1 Å². The fraction of sp³-hybridized carbons (Fsp3) is 0.0625. The van der Waals surface area contributed by atoms with Crippen LogP contribution in [-0.2, 0) is 5.41 Å². The fourth-order valence-electron chi connectivity index (χ4n) is 9.79. The Morgan fingerprint density at radius 3 is 1.60 bits per heavy atom. The number of hydrogen-bond donors (Lipinski definition) is 3. The second kappa shape index (κ2) is 13.9. The summed E-state index contributed by atoms with van der Waals surface area (Å²) in [6, 6.07) is 31.5. The molecule has 1 aromatic heterocycles. The smallest absolute Gasteiger partial charge is 0.167 e. The topological polar surface area (TPSA) is 78.5 Å². The maximum atomic E-state index is 11.3. The number of para-hydroxylation sites is 2. The van der Waals surface area contributed by atoms with Gasteiger partial charge >= 0.3 is 0 Å². The van der Waals surface area contributed by atoms with Crippen molar-refractivity contribution in [3.05, 3.63) is 108 Å². The number of phenols is 3. The first-order chi connectivity index (χ1) is 29.6. The highest BCUT2D eigenvalue weighted by Crippen LogP contribution is 2.48. The van der Waals surface area contributed by atoms with Crippen molar-refractivity contribution in [2.24, 2.45) is 0 Å². The maximum Gasteiger partial charge on any atom is 0.167 e. The summed E-state index contributed by atoms with van der Waals surface area (Å²) in [5.74, 6) is -1.20. The summed E-state index contributed by atoms with van der Waals surface area (Å²) in [7, 11) is 59.7. The van der Waals surface area contributed by atoms with Gasteiger partial charge in [-0.1, -0.05) is 125 Å². The van der Waals surface area contributed by atoms with Gasteiger partial charge in [-0.3, -0.25) is 4.57 Å². The average Bonchev–Trinajstić information content (AvgIpc) is 3.77. The predicted molar refractivity (Wildman–Crippen MR) is 263 cm³/mol. The summed E-state index contributed by atoms with van der Waals surface area (Å²) in [5, 5.41) is 36.5. The molecule has 0 saturated heterocycles. The second-order valence-electron chi connectivity index (χ2n) is 16.3. The normalized spacial score (nSPS) is 12.9. The van der Waals surface area contributed by atoms with Crippen LogP contribution in [0, 0.1) is 0 Å². The molecule has 9 aromatic rings. The third-order valence-corrected chi connectivity index (χ3v) is 12.6. The molecule has 272 valence electrons. The molecule has 62 heavy (non-hydrogen) atoms. The van der Waals surface area contributed by atoms with E-state index in [0.717, 1.165) is 38.2 Å². The average molecular weight is 775 g/mol. The zero-order chi connectivity index (χ0) is 43.8. The molecule has 0 fully saturated rings. The summed E-state index contributed by atoms with van der Waals surface area (Å²) in [4.78, 5) is 4.88. The maximum absolute atomic E-state index is 11.3. The second-order valence-corrected chi connectivity index (χ2v) is 16.3. The summed E-state index contributed by atoms with van der Waals surface area (Å²) < 4.78 is 1.86. The van der Waals surface area contributed by atoms with Crippen molar-refractivity contribution in [3.8, 4) is 67.7 Å². The van der Waals surface area contributed by atoms with Crippen molar-refractivity contribution in [1.29, 1.82) is 0 Å². The van der Waals surface area contributed by atoms with Gasteiger partial charge in [0.1, 0.15) is 87.9 Å². The van der Waals surface area contributed by atoms with E-state index in [0.29, 0.717) is 50.0 Å². The van der Waals surface area contributed by atoms with Gasteiger partial charge in [0.25, 0.3) is 0 Å². The minimum absolute atomic E-state index is 0.0157. The molecule has 10 rings (SSSR count). The number of aromatic nitrogens is 2. The van der Waals surface area contributed by atoms with Crippen LogP contribution in [0.4, 0.5) is 0 Å². The Hall–Kier alpha value is -6.27. The Balaban J connectivity index is 1.25. The Bertz CT molecular complexity index is 3400. The zero-order valence-corrected chi connectivity index (χ0v) is 33.7. The van der Waals surface area contributed by atoms with Crippen LogP contribution in [-0.4, -0.2) is 95.5 Å². The van der Waals surface area contributed by atoms with Gasteiger partial charge in [-0.15, -0.1) is 5.46 Å². The quantitative estimate of drug-likeness (QED) is 0.141. The number of rotatable bonds is 4. The Morgan fingerprint density at radius 2 is 0.952 bits per heavy atom. The highest BCUT2D eigenvalue weighted by atomic mass is 16.3. The molecule has 0 aliphatic heterocycles. The van der Waals surface area contributed by atoms with Crippen LogP contribution in [0.1, 0.15) is 25.0 Å². The van der Waals surface area contributed by atoms with E-state index in [1.807, 2.05) is 103 Å². The molecule has 0 bridgehead atoms. The van der Waals surface area contributed by atoms with Crippen molar-refractivity contribution in [2.45, 2.75) is 19.3 Å². The Kier molecular flexibility index (Phi) is 8.92. The third kappa shape index (κ3) is 5.25. The van der Waals surface area contributed by atoms with Crippen LogP contribution in [0.3, 0.4) is 0 Å². The number of fused-ring (bicyclic) bond motifs is 6. The highest BCUT2D eigenvalue weighted by molar-refractivity contribution is 6.61. The summed E-state index contributed by atoms with van der Waals surface area (Å²) >= 11 is 0. The van der Waals surface area contributed by atoms with Gasteiger partial charge in [0.05, 0.1) is 16.6 Å². The molecular weight excluding hydrogens is 750 g/mol. The highest BCUT2D eigenvalue weighted by Gasteiger charge is 2.42. The molecule has 18 radical (unpaired) electrons. The molecule has 1 aliphatic carbocycles. The van der Waals surface area contributed by atoms with E-state index in [9.17, 15) is 15.3 Å². The lowest BCUT2D eigenvalue weighted by molar-refractivity contribution is 0.408. The molecule has 8 aromatic carbocycles. The monoisotopic (exact) mass is 776 g/mol. The molecule has 14 heteroatoms. The largest absolute Gasteiger partial charge is 0.509 e. The Morgan fingerprint density at radius 1 is 0.435 bits per heavy atom. The Labute approximate surface area is 370 Å². The van der Waals surface area contributed by atoms with Crippen LogP contribution in [0.25, 0.3) is 83.0 Å². The fourth-order valence-corrected chi connectivity index (χ4v) is 9.79. The number of benzene rings is 8. The molecule has 1 aliphatic rings. The molecule has 0 atom stereocenters. The molecule has 0 unspecified atom stereocenters. The molecule has 3 N–H and O–H groups in total. The standard InChI is InChI=1S/C48H25B9N2O3/c1-48(2)33-29(30-34(48)40(54)42(56)45(61)39(30)53)36(50)37(51)31(35(33)49)28-23-14-5-3-12-21(23)27(22-13-4-6-15-24(22)28)19-10-9-11-20(18-19)59-26-17-8-7-16-25(26)58-47(59)32-38(52)41(55)43(57)46(62)44(32)60/h3-18,60-62H,1-2H3. The SMILES string of the molecule is [B]c1c([B])c(O)c(O)c(-c2nc3ccccc3n2-c2cccc(-c3c4ccccc4c(-c4c([B])c([B])c5c(c4[B])C(C)(C)c4c([B])c([B])c(O)c([B])c4-5)c4ccccc34)c2)c1[B]. The predicted octanol–water partition coefficient (Wildman–Crippen LogP) is 0.900. The first-order valence-corrected chi connectivity index (χ1v) is 19.7. The molecule has 0 saturated carbocycles. The number of hydrogen-bond acceptors (Lipinski definition) is 4. The van der Waals surface area contributed by atoms with E-state index in [-0.39, 0.29) is 60.8 Å². The number of aromatic hydroxyl groups is 3. The van der Waals surface area contributed by atoms with E-state index >= 15 is 0 Å². The van der Waals surface area contributed by atoms with Crippen LogP contribution >= 0.6 is 0 Å². The summed E-state index contributed by atoms with van der Waals surface area (Å²) in [6.45, 7) is 3.95. The lowest BCUT2D eigenvalue weighted by Gasteiger charge is -2.30. The van der Waals surface area contributed by atoms with E-state index in [1.54, 1.807) is 0 Å². The molecule has 5 nitrogen and oxygen atoms in total. The molecule has 1 heterocycles. The van der Waals surface area contributed by atoms with Gasteiger partial charge in [-0.2, -0.15) is 0 Å². The van der Waals surface area contributed by atoms with E-state index in [2.05, 4.69) is 12.1 Å². The first kappa shape index (κ1) is 39.8. The van der Waals surface area contributed by atoms with Gasteiger partial charge in [0.2, 0.25) is 0 Å². The number of imidazole rings is 1. The van der Waals surface area contributed by atoms with Gasteiger partial charge < -0.3 is 15.3 Å². The first-order valence-electron chi connectivity index (χ1n) is 19.7. The van der Waals surface area contributed by atoms with Gasteiger partial charge in [-0.05, 0) is 95.8 Å². The molecule has 0 amide bonds. The van der Waals surface area contributed by atoms with Crippen LogP contribution in [0.2, 0.25) is 0 Å². The van der Waals surface area contributed by atoms with Gasteiger partial charge in [0.15, 0.2) is 5.75 Å². The third-order valence-electron chi connectivity index (χ3n) is 12.6. The van der Waals surface area contributed by atoms with Crippen LogP contribution < -0.4 is 49.2 Å². The number of nitrogens with zero attached hydrogens (tertiary/aromatic N) is 2. The number of phenolic OH excluding ortho intramolecular Hbond substituents is 3. The minimum Gasteiger partial charge on any atom is -0.509 e. The zero-order valence-electron chi connectivity index (χ0n) is 33.7. The van der Waals surface area contributed by atoms with Gasteiger partial charge in [-0.25, -0.2) is 4.98 Å². The van der Waals surface area contributed by atoms with Crippen LogP contribution in [0.5, 0.6) is 17.2 Å². The van der Waals surface area contributed by atoms with Crippen molar-refractivity contribution < 1.29 is 15.3 Å². The van der Waals surface area contributed by atoms with Crippen LogP contribution in [0.15, 0.2) is 97.1 Å².